The fourth-order valence-corrected chi connectivity index (χ4v) is 2.69. The Labute approximate surface area is 123 Å². The summed E-state index contributed by atoms with van der Waals surface area (Å²) in [7, 11) is 0. The molecule has 0 radical (unpaired) electrons. The number of benzene rings is 2. The Hall–Kier alpha value is -2.80. The van der Waals surface area contributed by atoms with Gasteiger partial charge in [0.15, 0.2) is 0 Å². The van der Waals surface area contributed by atoms with Crippen LogP contribution in [0.25, 0.3) is 0 Å². The van der Waals surface area contributed by atoms with Gasteiger partial charge in [-0.25, -0.2) is 0 Å². The Morgan fingerprint density at radius 1 is 1.29 bits per heavy atom. The summed E-state index contributed by atoms with van der Waals surface area (Å²) in [6.07, 6.45) is 3.05. The van der Waals surface area contributed by atoms with Crippen LogP contribution in [0.15, 0.2) is 36.4 Å². The second kappa shape index (κ2) is 5.29. The number of anilines is 1. The molecule has 3 N–H and O–H groups in total. The number of ether oxygens (including phenoxy) is 1. The van der Waals surface area contributed by atoms with E-state index in [1.165, 1.54) is 11.8 Å². The van der Waals surface area contributed by atoms with Crippen LogP contribution in [0.2, 0.25) is 0 Å². The third kappa shape index (κ3) is 2.46. The number of hydrogen-bond donors (Lipinski definition) is 2. The number of fused-ring (bicyclic) bond motifs is 1. The number of aryl methyl sites for hydroxylation is 1. The molecule has 0 saturated carbocycles. The Bertz CT molecular complexity index is 746. The lowest BCUT2D eigenvalue weighted by atomic mass is 10.1. The van der Waals surface area contributed by atoms with E-state index in [2.05, 4.69) is 6.07 Å². The highest BCUT2D eigenvalue weighted by atomic mass is 16.5. The summed E-state index contributed by atoms with van der Waals surface area (Å²) >= 11 is 0. The smallest absolute Gasteiger partial charge is 0.124 e. The first-order chi connectivity index (χ1) is 10.2. The SMILES string of the molecule is N#Cc1ccc2c(c1)CCC2Oc1ccc(C=N)c(N)c1. The lowest BCUT2D eigenvalue weighted by molar-refractivity contribution is 0.208. The molecule has 2 aromatic rings. The Kier molecular flexibility index (Phi) is 3.33. The van der Waals surface area contributed by atoms with Gasteiger partial charge >= 0.3 is 0 Å². The monoisotopic (exact) mass is 277 g/mol. The van der Waals surface area contributed by atoms with Crippen molar-refractivity contribution >= 4 is 11.9 Å². The summed E-state index contributed by atoms with van der Waals surface area (Å²) in [6, 6.07) is 13.3. The van der Waals surface area contributed by atoms with Crippen LogP contribution in [-0.2, 0) is 6.42 Å². The van der Waals surface area contributed by atoms with Crippen molar-refractivity contribution in [2.45, 2.75) is 18.9 Å². The first kappa shape index (κ1) is 13.2. The maximum atomic E-state index is 8.94. The van der Waals surface area contributed by atoms with Crippen LogP contribution >= 0.6 is 0 Å². The minimum Gasteiger partial charge on any atom is -0.486 e. The summed E-state index contributed by atoms with van der Waals surface area (Å²) in [5, 5.41) is 16.2. The summed E-state index contributed by atoms with van der Waals surface area (Å²) in [6.45, 7) is 0. The summed E-state index contributed by atoms with van der Waals surface area (Å²) in [4.78, 5) is 0. The average molecular weight is 277 g/mol. The van der Waals surface area contributed by atoms with Gasteiger partial charge < -0.3 is 15.9 Å². The van der Waals surface area contributed by atoms with Crippen LogP contribution in [-0.4, -0.2) is 6.21 Å². The van der Waals surface area contributed by atoms with Gasteiger partial charge in [-0.1, -0.05) is 6.07 Å². The topological polar surface area (TPSA) is 82.9 Å². The third-order valence-corrected chi connectivity index (χ3v) is 3.79. The highest BCUT2D eigenvalue weighted by Gasteiger charge is 2.24. The van der Waals surface area contributed by atoms with Gasteiger partial charge in [0.1, 0.15) is 11.9 Å². The summed E-state index contributed by atoms with van der Waals surface area (Å²) in [5.74, 6) is 0.709. The molecule has 0 bridgehead atoms. The molecule has 21 heavy (non-hydrogen) atoms. The van der Waals surface area contributed by atoms with Gasteiger partial charge in [0.05, 0.1) is 11.6 Å². The van der Waals surface area contributed by atoms with Crippen molar-refractivity contribution in [3.63, 3.8) is 0 Å². The number of nitriles is 1. The average Bonchev–Trinajstić information content (AvgIpc) is 2.89. The van der Waals surface area contributed by atoms with Crippen molar-refractivity contribution in [1.29, 1.82) is 10.7 Å². The van der Waals surface area contributed by atoms with E-state index < -0.39 is 0 Å². The Balaban J connectivity index is 1.84. The zero-order chi connectivity index (χ0) is 14.8. The van der Waals surface area contributed by atoms with Crippen molar-refractivity contribution < 1.29 is 4.74 Å². The normalized spacial score (nSPS) is 16.0. The van der Waals surface area contributed by atoms with Gasteiger partial charge in [0, 0.05) is 23.5 Å². The zero-order valence-corrected chi connectivity index (χ0v) is 11.5. The van der Waals surface area contributed by atoms with Crippen LogP contribution in [0.5, 0.6) is 5.75 Å². The summed E-state index contributed by atoms with van der Waals surface area (Å²) in [5.41, 5.74) is 10.1. The molecular formula is C17H15N3O. The van der Waals surface area contributed by atoms with E-state index in [0.717, 1.165) is 18.4 Å². The molecule has 104 valence electrons. The second-order valence-electron chi connectivity index (χ2n) is 5.11. The second-order valence-corrected chi connectivity index (χ2v) is 5.11. The maximum Gasteiger partial charge on any atom is 0.124 e. The molecule has 0 amide bonds. The lowest BCUT2D eigenvalue weighted by Gasteiger charge is -2.15. The van der Waals surface area contributed by atoms with Gasteiger partial charge in [-0.2, -0.15) is 5.26 Å². The minimum absolute atomic E-state index is 0.00188. The van der Waals surface area contributed by atoms with E-state index >= 15 is 0 Å². The number of nitrogens with zero attached hydrogens (tertiary/aromatic N) is 1. The standard InChI is InChI=1S/C17H15N3O/c18-9-11-1-5-15-12(7-11)3-6-17(15)21-14-4-2-13(10-19)16(20)8-14/h1-2,4-5,7-8,10,17,19H,3,6,20H2. The molecular weight excluding hydrogens is 262 g/mol. The Morgan fingerprint density at radius 3 is 2.86 bits per heavy atom. The van der Waals surface area contributed by atoms with Gasteiger partial charge in [-0.15, -0.1) is 0 Å². The van der Waals surface area contributed by atoms with Gasteiger partial charge in [0.2, 0.25) is 0 Å². The maximum absolute atomic E-state index is 8.94. The molecule has 4 nitrogen and oxygen atoms in total. The summed E-state index contributed by atoms with van der Waals surface area (Å²) < 4.78 is 6.02. The van der Waals surface area contributed by atoms with Crippen molar-refractivity contribution in [2.75, 3.05) is 5.73 Å². The molecule has 4 heteroatoms. The molecule has 1 unspecified atom stereocenters. The van der Waals surface area contributed by atoms with Gasteiger partial charge in [-0.05, 0) is 48.2 Å². The van der Waals surface area contributed by atoms with Gasteiger partial charge in [0.25, 0.3) is 0 Å². The number of nitrogen functional groups attached to an aromatic ring is 1. The molecule has 2 aromatic carbocycles. The van der Waals surface area contributed by atoms with E-state index in [1.807, 2.05) is 24.3 Å². The predicted octanol–water partition coefficient (Wildman–Crippen LogP) is 3.20. The van der Waals surface area contributed by atoms with Crippen LogP contribution in [0.3, 0.4) is 0 Å². The third-order valence-electron chi connectivity index (χ3n) is 3.79. The van der Waals surface area contributed by atoms with Crippen molar-refractivity contribution in [1.82, 2.24) is 0 Å². The highest BCUT2D eigenvalue weighted by Crippen LogP contribution is 2.36. The predicted molar refractivity (Wildman–Crippen MR) is 81.6 cm³/mol. The minimum atomic E-state index is -0.00188. The van der Waals surface area contributed by atoms with Crippen LogP contribution in [0, 0.1) is 16.7 Å². The lowest BCUT2D eigenvalue weighted by Crippen LogP contribution is -2.04. The van der Waals surface area contributed by atoms with Gasteiger partial charge in [-0.3, -0.25) is 0 Å². The molecule has 0 heterocycles. The Morgan fingerprint density at radius 2 is 2.14 bits per heavy atom. The molecule has 0 aromatic heterocycles. The molecule has 1 aliphatic carbocycles. The van der Waals surface area contributed by atoms with Crippen LogP contribution < -0.4 is 10.5 Å². The van der Waals surface area contributed by atoms with E-state index in [1.54, 1.807) is 12.1 Å². The number of nitrogens with two attached hydrogens (primary N) is 1. The molecule has 3 rings (SSSR count). The molecule has 0 aliphatic heterocycles. The number of rotatable bonds is 3. The first-order valence-electron chi connectivity index (χ1n) is 6.81. The van der Waals surface area contributed by atoms with Crippen molar-refractivity contribution in [3.05, 3.63) is 58.7 Å². The van der Waals surface area contributed by atoms with Crippen molar-refractivity contribution in [3.8, 4) is 11.8 Å². The molecule has 1 atom stereocenters. The fraction of sp³-hybridized carbons (Fsp3) is 0.176. The van der Waals surface area contributed by atoms with E-state index in [4.69, 9.17) is 21.1 Å². The number of nitrogens with one attached hydrogen (secondary N) is 1. The molecule has 0 saturated heterocycles. The van der Waals surface area contributed by atoms with Crippen molar-refractivity contribution in [2.24, 2.45) is 0 Å². The van der Waals surface area contributed by atoms with E-state index in [9.17, 15) is 0 Å². The molecule has 1 aliphatic rings. The largest absolute Gasteiger partial charge is 0.486 e. The fourth-order valence-electron chi connectivity index (χ4n) is 2.69. The quantitative estimate of drug-likeness (QED) is 0.667. The van der Waals surface area contributed by atoms with E-state index in [-0.39, 0.29) is 6.10 Å². The first-order valence-corrected chi connectivity index (χ1v) is 6.81. The number of hydrogen-bond acceptors (Lipinski definition) is 4. The van der Waals surface area contributed by atoms with Crippen LogP contribution in [0.1, 0.15) is 34.8 Å². The molecule has 0 spiro atoms. The van der Waals surface area contributed by atoms with E-state index in [0.29, 0.717) is 22.6 Å². The highest BCUT2D eigenvalue weighted by molar-refractivity contribution is 5.85. The molecule has 0 fully saturated rings. The zero-order valence-electron chi connectivity index (χ0n) is 11.5. The van der Waals surface area contributed by atoms with Crippen LogP contribution in [0.4, 0.5) is 5.69 Å².